The number of aryl methyl sites for hydroxylation is 1. The molecular formula is C30H34N2O2S. The summed E-state index contributed by atoms with van der Waals surface area (Å²) in [7, 11) is 0. The van der Waals surface area contributed by atoms with Crippen molar-refractivity contribution in [3.8, 4) is 0 Å². The number of thioether (sulfide) groups is 1. The molecule has 35 heavy (non-hydrogen) atoms. The van der Waals surface area contributed by atoms with Crippen LogP contribution in [0.5, 0.6) is 0 Å². The Hall–Kier alpha value is -3.05. The number of amides is 2. The molecule has 4 rings (SSSR count). The molecule has 1 saturated carbocycles. The average Bonchev–Trinajstić information content (AvgIpc) is 3.39. The van der Waals surface area contributed by atoms with E-state index in [2.05, 4.69) is 24.4 Å². The van der Waals surface area contributed by atoms with Crippen LogP contribution in [0, 0.1) is 6.92 Å². The molecule has 1 aliphatic rings. The molecule has 1 atom stereocenters. The summed E-state index contributed by atoms with van der Waals surface area (Å²) < 4.78 is 0. The van der Waals surface area contributed by atoms with Gasteiger partial charge in [-0.3, -0.25) is 9.59 Å². The van der Waals surface area contributed by atoms with Crippen LogP contribution in [0.3, 0.4) is 0 Å². The number of carbonyl (C=O) groups excluding carboxylic acids is 2. The summed E-state index contributed by atoms with van der Waals surface area (Å²) in [6.45, 7) is 2.46. The van der Waals surface area contributed by atoms with Gasteiger partial charge < -0.3 is 10.2 Å². The van der Waals surface area contributed by atoms with Crippen molar-refractivity contribution in [3.05, 3.63) is 102 Å². The molecule has 0 radical (unpaired) electrons. The molecule has 0 heterocycles. The van der Waals surface area contributed by atoms with Crippen molar-refractivity contribution >= 4 is 23.6 Å². The topological polar surface area (TPSA) is 49.4 Å². The summed E-state index contributed by atoms with van der Waals surface area (Å²) >= 11 is 1.52. The van der Waals surface area contributed by atoms with Crippen LogP contribution in [-0.4, -0.2) is 34.6 Å². The fraction of sp³-hybridized carbons (Fsp3) is 0.333. The highest BCUT2D eigenvalue weighted by Gasteiger charge is 2.32. The van der Waals surface area contributed by atoms with Gasteiger partial charge in [-0.05, 0) is 43.0 Å². The van der Waals surface area contributed by atoms with E-state index in [1.54, 1.807) is 4.90 Å². The minimum absolute atomic E-state index is 0.0251. The first-order valence-electron chi connectivity index (χ1n) is 12.5. The van der Waals surface area contributed by atoms with Gasteiger partial charge in [0.15, 0.2) is 0 Å². The van der Waals surface area contributed by atoms with E-state index in [4.69, 9.17) is 0 Å². The molecule has 2 amide bonds. The standard InChI is InChI=1S/C30H34N2O2S/c1-23-11-10-14-25(19-23)21-32(29(33)22-35-27-17-6-3-7-18-27)28(20-24-12-4-2-5-13-24)30(34)31-26-15-8-9-16-26/h2-7,10-14,17-19,26,28H,8-9,15-16,20-22H2,1H3,(H,31,34)/t28-/m1/s1. The van der Waals surface area contributed by atoms with Gasteiger partial charge in [0.05, 0.1) is 5.75 Å². The zero-order valence-corrected chi connectivity index (χ0v) is 21.2. The van der Waals surface area contributed by atoms with E-state index >= 15 is 0 Å². The van der Waals surface area contributed by atoms with Crippen molar-refractivity contribution in [2.45, 2.75) is 62.6 Å². The van der Waals surface area contributed by atoms with Crippen molar-refractivity contribution in [1.82, 2.24) is 10.2 Å². The number of carbonyl (C=O) groups is 2. The van der Waals surface area contributed by atoms with Crippen LogP contribution in [0.15, 0.2) is 89.8 Å². The molecule has 1 N–H and O–H groups in total. The monoisotopic (exact) mass is 486 g/mol. The molecule has 0 unspecified atom stereocenters. The fourth-order valence-electron chi connectivity index (χ4n) is 4.67. The summed E-state index contributed by atoms with van der Waals surface area (Å²) in [5.41, 5.74) is 3.23. The van der Waals surface area contributed by atoms with Gasteiger partial charge in [-0.1, -0.05) is 91.2 Å². The Morgan fingerprint density at radius 3 is 2.26 bits per heavy atom. The summed E-state index contributed by atoms with van der Waals surface area (Å²) in [6, 6.07) is 27.8. The van der Waals surface area contributed by atoms with E-state index in [0.717, 1.165) is 47.3 Å². The Labute approximate surface area is 213 Å². The molecule has 5 heteroatoms. The molecule has 0 aromatic heterocycles. The number of hydrogen-bond acceptors (Lipinski definition) is 3. The maximum absolute atomic E-state index is 13.7. The molecule has 182 valence electrons. The smallest absolute Gasteiger partial charge is 0.243 e. The second kappa shape index (κ2) is 12.6. The highest BCUT2D eigenvalue weighted by atomic mass is 32.2. The fourth-order valence-corrected chi connectivity index (χ4v) is 5.48. The summed E-state index contributed by atoms with van der Waals surface area (Å²) in [6.07, 6.45) is 4.81. The van der Waals surface area contributed by atoms with E-state index in [1.165, 1.54) is 11.8 Å². The van der Waals surface area contributed by atoms with E-state index in [9.17, 15) is 9.59 Å². The summed E-state index contributed by atoms with van der Waals surface area (Å²) in [5, 5.41) is 3.27. The number of nitrogens with zero attached hydrogens (tertiary/aromatic N) is 1. The van der Waals surface area contributed by atoms with Gasteiger partial charge in [0, 0.05) is 23.9 Å². The Balaban J connectivity index is 1.61. The molecule has 3 aromatic carbocycles. The number of benzene rings is 3. The largest absolute Gasteiger partial charge is 0.352 e. The number of hydrogen-bond donors (Lipinski definition) is 1. The van der Waals surface area contributed by atoms with Crippen LogP contribution >= 0.6 is 11.8 Å². The lowest BCUT2D eigenvalue weighted by molar-refractivity contribution is -0.139. The highest BCUT2D eigenvalue weighted by Crippen LogP contribution is 2.22. The predicted molar refractivity (Wildman–Crippen MR) is 143 cm³/mol. The minimum atomic E-state index is -0.567. The van der Waals surface area contributed by atoms with Crippen LogP contribution in [0.2, 0.25) is 0 Å². The van der Waals surface area contributed by atoms with Gasteiger partial charge in [-0.2, -0.15) is 0 Å². The molecule has 1 fully saturated rings. The lowest BCUT2D eigenvalue weighted by Gasteiger charge is -2.32. The third-order valence-electron chi connectivity index (χ3n) is 6.51. The van der Waals surface area contributed by atoms with Gasteiger partial charge in [0.25, 0.3) is 0 Å². The van der Waals surface area contributed by atoms with E-state index in [0.29, 0.717) is 13.0 Å². The first-order valence-corrected chi connectivity index (χ1v) is 13.4. The molecule has 0 spiro atoms. The van der Waals surface area contributed by atoms with Gasteiger partial charge in [-0.25, -0.2) is 0 Å². The molecule has 3 aromatic rings. The van der Waals surface area contributed by atoms with Crippen LogP contribution in [0.25, 0.3) is 0 Å². The zero-order chi connectivity index (χ0) is 24.5. The van der Waals surface area contributed by atoms with E-state index in [-0.39, 0.29) is 23.6 Å². The molecule has 0 bridgehead atoms. The lowest BCUT2D eigenvalue weighted by atomic mass is 10.0. The molecule has 0 saturated heterocycles. The Morgan fingerprint density at radius 2 is 1.57 bits per heavy atom. The molecule has 1 aliphatic carbocycles. The second-order valence-corrected chi connectivity index (χ2v) is 10.4. The predicted octanol–water partition coefficient (Wildman–Crippen LogP) is 5.79. The lowest BCUT2D eigenvalue weighted by Crippen LogP contribution is -2.52. The third kappa shape index (κ3) is 7.46. The second-order valence-electron chi connectivity index (χ2n) is 9.31. The number of rotatable bonds is 10. The first-order chi connectivity index (χ1) is 17.1. The van der Waals surface area contributed by atoms with Crippen LogP contribution < -0.4 is 5.32 Å². The molecular weight excluding hydrogens is 452 g/mol. The summed E-state index contributed by atoms with van der Waals surface area (Å²) in [5.74, 6) is 0.215. The SMILES string of the molecule is Cc1cccc(CN(C(=O)CSc2ccccc2)[C@H](Cc2ccccc2)C(=O)NC2CCCC2)c1. The van der Waals surface area contributed by atoms with Gasteiger partial charge in [0.1, 0.15) is 6.04 Å². The van der Waals surface area contributed by atoms with Crippen LogP contribution in [0.1, 0.15) is 42.4 Å². The van der Waals surface area contributed by atoms with Gasteiger partial charge in [0.2, 0.25) is 11.8 Å². The Bertz CT molecular complexity index is 1100. The maximum atomic E-state index is 13.7. The van der Waals surface area contributed by atoms with Crippen molar-refractivity contribution in [1.29, 1.82) is 0 Å². The van der Waals surface area contributed by atoms with Crippen molar-refractivity contribution in [2.24, 2.45) is 0 Å². The molecule has 4 nitrogen and oxygen atoms in total. The van der Waals surface area contributed by atoms with Crippen LogP contribution in [-0.2, 0) is 22.6 Å². The Kier molecular flexibility index (Phi) is 9.02. The quantitative estimate of drug-likeness (QED) is 0.369. The van der Waals surface area contributed by atoms with Crippen molar-refractivity contribution in [3.63, 3.8) is 0 Å². The van der Waals surface area contributed by atoms with E-state index in [1.807, 2.05) is 72.8 Å². The molecule has 0 aliphatic heterocycles. The third-order valence-corrected chi connectivity index (χ3v) is 7.51. The van der Waals surface area contributed by atoms with Crippen LogP contribution in [0.4, 0.5) is 0 Å². The van der Waals surface area contributed by atoms with E-state index < -0.39 is 6.04 Å². The highest BCUT2D eigenvalue weighted by molar-refractivity contribution is 8.00. The minimum Gasteiger partial charge on any atom is -0.352 e. The zero-order valence-electron chi connectivity index (χ0n) is 20.4. The first kappa shape index (κ1) is 25.1. The number of nitrogens with one attached hydrogen (secondary N) is 1. The summed E-state index contributed by atoms with van der Waals surface area (Å²) in [4.78, 5) is 30.2. The van der Waals surface area contributed by atoms with Crippen molar-refractivity contribution < 1.29 is 9.59 Å². The van der Waals surface area contributed by atoms with Gasteiger partial charge in [-0.15, -0.1) is 11.8 Å². The van der Waals surface area contributed by atoms with Gasteiger partial charge >= 0.3 is 0 Å². The Morgan fingerprint density at radius 1 is 0.914 bits per heavy atom. The van der Waals surface area contributed by atoms with Crippen molar-refractivity contribution in [2.75, 3.05) is 5.75 Å². The average molecular weight is 487 g/mol. The maximum Gasteiger partial charge on any atom is 0.243 e. The normalized spacial score (nSPS) is 14.4.